The highest BCUT2D eigenvalue weighted by Crippen LogP contribution is 2.39. The van der Waals surface area contributed by atoms with E-state index in [0.717, 1.165) is 16.7 Å². The van der Waals surface area contributed by atoms with Crippen LogP contribution in [0.25, 0.3) is 6.08 Å². The van der Waals surface area contributed by atoms with Gasteiger partial charge in [0.15, 0.2) is 0 Å². The Kier molecular flexibility index (Phi) is 4.76. The summed E-state index contributed by atoms with van der Waals surface area (Å²) in [7, 11) is 1.57. The van der Waals surface area contributed by atoms with Crippen LogP contribution < -0.4 is 5.32 Å². The van der Waals surface area contributed by atoms with Crippen LogP contribution in [0, 0.1) is 0 Å². The van der Waals surface area contributed by atoms with Crippen molar-refractivity contribution in [2.75, 3.05) is 18.1 Å². The summed E-state index contributed by atoms with van der Waals surface area (Å²) in [5, 5.41) is 3.11. The zero-order valence-corrected chi connectivity index (χ0v) is 14.3. The first-order valence-corrected chi connectivity index (χ1v) is 7.87. The molecule has 0 aromatic heterocycles. The Morgan fingerprint density at radius 2 is 1.67 bits per heavy atom. The number of rotatable bonds is 4. The molecule has 21 heavy (non-hydrogen) atoms. The van der Waals surface area contributed by atoms with E-state index >= 15 is 0 Å². The summed E-state index contributed by atoms with van der Waals surface area (Å²) in [6.45, 7) is 8.24. The third kappa shape index (κ3) is 3.47. The zero-order chi connectivity index (χ0) is 15.7. The maximum Gasteiger partial charge on any atom is 0.491 e. The van der Waals surface area contributed by atoms with E-state index in [2.05, 4.69) is 63.8 Å². The maximum atomic E-state index is 6.08. The number of thiol groups is 1. The van der Waals surface area contributed by atoms with Crippen LogP contribution in [0.5, 0.6) is 0 Å². The van der Waals surface area contributed by atoms with Crippen molar-refractivity contribution < 1.29 is 9.31 Å². The first kappa shape index (κ1) is 16.5. The minimum absolute atomic E-state index is 0.324. The van der Waals surface area contributed by atoms with Gasteiger partial charge in [0.25, 0.3) is 0 Å². The molecule has 0 amide bonds. The van der Waals surface area contributed by atoms with Gasteiger partial charge in [-0.1, -0.05) is 18.2 Å². The molecule has 2 rings (SSSR count). The Hall–Kier alpha value is -0.905. The monoisotopic (exact) mass is 305 g/mol. The molecule has 1 aromatic carbocycles. The minimum Gasteiger partial charge on any atom is -0.400 e. The van der Waals surface area contributed by atoms with E-state index in [1.807, 2.05) is 19.2 Å². The van der Waals surface area contributed by atoms with Gasteiger partial charge in [0.1, 0.15) is 0 Å². The third-order valence-electron chi connectivity index (χ3n) is 4.29. The number of hydrogen-bond acceptors (Lipinski definition) is 4. The molecule has 114 valence electrons. The fourth-order valence-electron chi connectivity index (χ4n) is 2.14. The molecule has 1 fully saturated rings. The average Bonchev–Trinajstić information content (AvgIpc) is 2.65. The molecular formula is C16H24BNO2S. The van der Waals surface area contributed by atoms with Gasteiger partial charge in [-0.3, -0.25) is 0 Å². The fraction of sp³-hybridized carbons (Fsp3) is 0.500. The van der Waals surface area contributed by atoms with Crippen LogP contribution in [0.4, 0.5) is 5.69 Å². The molecule has 1 heterocycles. The SMILES string of the molecule is CNc1ccc(C=C(CS)B2OC(C)(C)C(C)(C)O2)cc1. The summed E-state index contributed by atoms with van der Waals surface area (Å²) in [4.78, 5) is 0. The van der Waals surface area contributed by atoms with Gasteiger partial charge in [0, 0.05) is 18.5 Å². The van der Waals surface area contributed by atoms with E-state index in [4.69, 9.17) is 9.31 Å². The zero-order valence-electron chi connectivity index (χ0n) is 13.4. The lowest BCUT2D eigenvalue weighted by atomic mass is 9.78. The van der Waals surface area contributed by atoms with Crippen molar-refractivity contribution in [2.45, 2.75) is 38.9 Å². The number of benzene rings is 1. The Morgan fingerprint density at radius 1 is 1.14 bits per heavy atom. The standard InChI is InChI=1S/C16H24BNO2S/c1-15(2)16(3,4)20-17(19-15)13(11-21)10-12-6-8-14(18-5)9-7-12/h6-10,18,21H,11H2,1-5H3. The van der Waals surface area contributed by atoms with Gasteiger partial charge in [-0.2, -0.15) is 12.6 Å². The highest BCUT2D eigenvalue weighted by atomic mass is 32.1. The number of anilines is 1. The lowest BCUT2D eigenvalue weighted by molar-refractivity contribution is 0.00578. The summed E-state index contributed by atoms with van der Waals surface area (Å²) >= 11 is 4.43. The summed E-state index contributed by atoms with van der Waals surface area (Å²) in [5.74, 6) is 0.602. The lowest BCUT2D eigenvalue weighted by Gasteiger charge is -2.32. The molecule has 0 aliphatic carbocycles. The molecule has 1 N–H and O–H groups in total. The molecule has 1 aromatic rings. The lowest BCUT2D eigenvalue weighted by Crippen LogP contribution is -2.41. The first-order valence-electron chi connectivity index (χ1n) is 7.24. The van der Waals surface area contributed by atoms with Gasteiger partial charge in [-0.15, -0.1) is 0 Å². The van der Waals surface area contributed by atoms with Crippen LogP contribution in [-0.2, 0) is 9.31 Å². The normalized spacial score (nSPS) is 20.7. The van der Waals surface area contributed by atoms with Crippen molar-refractivity contribution in [3.8, 4) is 0 Å². The van der Waals surface area contributed by atoms with Crippen LogP contribution in [-0.4, -0.2) is 31.1 Å². The molecule has 0 radical (unpaired) electrons. The Bertz CT molecular complexity index is 510. The van der Waals surface area contributed by atoms with Crippen molar-refractivity contribution in [3.63, 3.8) is 0 Å². The largest absolute Gasteiger partial charge is 0.491 e. The first-order chi connectivity index (χ1) is 9.79. The quantitative estimate of drug-likeness (QED) is 0.657. The fourth-order valence-corrected chi connectivity index (χ4v) is 2.38. The Labute approximate surface area is 133 Å². The van der Waals surface area contributed by atoms with E-state index < -0.39 is 0 Å². The molecule has 0 unspecified atom stereocenters. The van der Waals surface area contributed by atoms with Crippen molar-refractivity contribution in [1.82, 2.24) is 0 Å². The molecule has 0 bridgehead atoms. The van der Waals surface area contributed by atoms with Gasteiger partial charge in [-0.05, 0) is 50.9 Å². The molecule has 1 aliphatic heterocycles. The van der Waals surface area contributed by atoms with E-state index in [1.54, 1.807) is 0 Å². The van der Waals surface area contributed by atoms with Crippen LogP contribution in [0.2, 0.25) is 0 Å². The predicted molar refractivity (Wildman–Crippen MR) is 93.9 cm³/mol. The summed E-state index contributed by atoms with van der Waals surface area (Å²) in [6, 6.07) is 8.24. The second-order valence-electron chi connectivity index (χ2n) is 6.34. The molecule has 1 aliphatic rings. The van der Waals surface area contributed by atoms with E-state index in [-0.39, 0.29) is 18.3 Å². The van der Waals surface area contributed by atoms with Gasteiger partial charge in [0.05, 0.1) is 11.2 Å². The van der Waals surface area contributed by atoms with Crippen LogP contribution in [0.1, 0.15) is 33.3 Å². The van der Waals surface area contributed by atoms with Crippen molar-refractivity contribution in [1.29, 1.82) is 0 Å². The van der Waals surface area contributed by atoms with Crippen molar-refractivity contribution >= 4 is 31.5 Å². The average molecular weight is 305 g/mol. The van der Waals surface area contributed by atoms with Crippen molar-refractivity contribution in [2.24, 2.45) is 0 Å². The van der Waals surface area contributed by atoms with E-state index in [0.29, 0.717) is 5.75 Å². The second-order valence-corrected chi connectivity index (χ2v) is 6.65. The van der Waals surface area contributed by atoms with Gasteiger partial charge in [0.2, 0.25) is 0 Å². The smallest absolute Gasteiger partial charge is 0.400 e. The number of nitrogens with one attached hydrogen (secondary N) is 1. The molecule has 0 saturated carbocycles. The van der Waals surface area contributed by atoms with Gasteiger partial charge >= 0.3 is 7.12 Å². The predicted octanol–water partition coefficient (Wildman–Crippen LogP) is 3.67. The van der Waals surface area contributed by atoms with Crippen LogP contribution in [0.3, 0.4) is 0 Å². The maximum absolute atomic E-state index is 6.08. The van der Waals surface area contributed by atoms with E-state index in [1.165, 1.54) is 0 Å². The molecule has 5 heteroatoms. The van der Waals surface area contributed by atoms with Crippen molar-refractivity contribution in [3.05, 3.63) is 35.3 Å². The minimum atomic E-state index is -0.337. The topological polar surface area (TPSA) is 30.5 Å². The molecule has 3 nitrogen and oxygen atoms in total. The van der Waals surface area contributed by atoms with Gasteiger partial charge in [-0.25, -0.2) is 0 Å². The Balaban J connectivity index is 2.22. The third-order valence-corrected chi connectivity index (χ3v) is 4.66. The molecule has 0 atom stereocenters. The van der Waals surface area contributed by atoms with Crippen LogP contribution >= 0.6 is 12.6 Å². The second kappa shape index (κ2) is 6.07. The van der Waals surface area contributed by atoms with Crippen LogP contribution in [0.15, 0.2) is 29.7 Å². The Morgan fingerprint density at radius 3 is 2.10 bits per heavy atom. The van der Waals surface area contributed by atoms with Gasteiger partial charge < -0.3 is 14.6 Å². The number of hydrogen-bond donors (Lipinski definition) is 2. The molecular weight excluding hydrogens is 281 g/mol. The summed E-state index contributed by atoms with van der Waals surface area (Å²) in [5.41, 5.74) is 2.60. The van der Waals surface area contributed by atoms with E-state index in [9.17, 15) is 0 Å². The highest BCUT2D eigenvalue weighted by molar-refractivity contribution is 7.80. The highest BCUT2D eigenvalue weighted by Gasteiger charge is 2.52. The summed E-state index contributed by atoms with van der Waals surface area (Å²) < 4.78 is 12.2. The summed E-state index contributed by atoms with van der Waals surface area (Å²) in [6.07, 6.45) is 2.09. The molecule has 0 spiro atoms. The molecule has 1 saturated heterocycles.